The van der Waals surface area contributed by atoms with E-state index < -0.39 is 11.1 Å². The number of rotatable bonds is 4. The van der Waals surface area contributed by atoms with Gasteiger partial charge in [-0.3, -0.25) is 23.9 Å². The zero-order valence-electron chi connectivity index (χ0n) is 17.8. The van der Waals surface area contributed by atoms with Crippen LogP contribution in [0.3, 0.4) is 0 Å². The number of amides is 1. The highest BCUT2D eigenvalue weighted by Crippen LogP contribution is 2.41. The minimum absolute atomic E-state index is 0.121. The molecule has 0 bridgehead atoms. The average Bonchev–Trinajstić information content (AvgIpc) is 3.16. The molecule has 0 radical (unpaired) electrons. The smallest absolute Gasteiger partial charge is 0.332 e. The predicted octanol–water partition coefficient (Wildman–Crippen LogP) is 1.35. The Morgan fingerprint density at radius 2 is 1.62 bits per heavy atom. The highest BCUT2D eigenvalue weighted by Gasteiger charge is 2.45. The second kappa shape index (κ2) is 8.18. The number of hydrogen-bond donors (Lipinski definition) is 0. The Hall–Kier alpha value is -3.55. The quantitative estimate of drug-likeness (QED) is 0.582. The lowest BCUT2D eigenvalue weighted by Gasteiger charge is -2.38. The van der Waals surface area contributed by atoms with Crippen molar-refractivity contribution >= 4 is 5.91 Å². The summed E-state index contributed by atoms with van der Waals surface area (Å²) in [6.45, 7) is 1.97. The summed E-state index contributed by atoms with van der Waals surface area (Å²) in [6.07, 6.45) is 5.99. The number of piperidine rings is 1. The van der Waals surface area contributed by atoms with Gasteiger partial charge < -0.3 is 4.90 Å². The van der Waals surface area contributed by atoms with Crippen LogP contribution in [0, 0.1) is 0 Å². The number of likely N-dealkylation sites (tertiary alicyclic amines) is 1. The van der Waals surface area contributed by atoms with Gasteiger partial charge in [0.2, 0.25) is 5.91 Å². The van der Waals surface area contributed by atoms with Crippen molar-refractivity contribution in [1.29, 1.82) is 0 Å². The molecular formula is C24H25N5O3. The summed E-state index contributed by atoms with van der Waals surface area (Å²) < 4.78 is 2.81. The third-order valence-corrected chi connectivity index (χ3v) is 6.75. The first-order valence-corrected chi connectivity index (χ1v) is 11.0. The SMILES string of the molecule is O=C(Cc1ccccc1)N1CCC2(CC1)CCn1c2nn(Cc2cccnc2)c(=O)c1=O. The van der Waals surface area contributed by atoms with E-state index in [0.717, 1.165) is 30.4 Å². The van der Waals surface area contributed by atoms with Gasteiger partial charge >= 0.3 is 11.1 Å². The van der Waals surface area contributed by atoms with E-state index in [4.69, 9.17) is 0 Å². The van der Waals surface area contributed by atoms with Crippen LogP contribution in [0.15, 0.2) is 64.4 Å². The maximum Gasteiger partial charge on any atom is 0.332 e. The van der Waals surface area contributed by atoms with Crippen LogP contribution in [0.4, 0.5) is 0 Å². The van der Waals surface area contributed by atoms with Crippen LogP contribution in [-0.4, -0.2) is 43.2 Å². The Labute approximate surface area is 185 Å². The summed E-state index contributed by atoms with van der Waals surface area (Å²) in [4.78, 5) is 44.2. The van der Waals surface area contributed by atoms with Crippen LogP contribution in [0.25, 0.3) is 0 Å². The average molecular weight is 431 g/mol. The lowest BCUT2D eigenvalue weighted by atomic mass is 9.76. The summed E-state index contributed by atoms with van der Waals surface area (Å²) in [6, 6.07) is 13.4. The second-order valence-corrected chi connectivity index (χ2v) is 8.68. The summed E-state index contributed by atoms with van der Waals surface area (Å²) in [5.41, 5.74) is 0.438. The van der Waals surface area contributed by atoms with Crippen molar-refractivity contribution in [3.8, 4) is 0 Å². The molecule has 32 heavy (non-hydrogen) atoms. The van der Waals surface area contributed by atoms with Crippen molar-refractivity contribution in [3.05, 3.63) is 92.5 Å². The largest absolute Gasteiger partial charge is 0.342 e. The zero-order valence-corrected chi connectivity index (χ0v) is 17.8. The van der Waals surface area contributed by atoms with Crippen LogP contribution in [0.5, 0.6) is 0 Å². The highest BCUT2D eigenvalue weighted by atomic mass is 16.2. The van der Waals surface area contributed by atoms with E-state index in [9.17, 15) is 14.4 Å². The molecule has 0 unspecified atom stereocenters. The van der Waals surface area contributed by atoms with Crippen molar-refractivity contribution in [2.24, 2.45) is 0 Å². The van der Waals surface area contributed by atoms with Crippen LogP contribution in [0.2, 0.25) is 0 Å². The molecule has 164 valence electrons. The van der Waals surface area contributed by atoms with Crippen molar-refractivity contribution < 1.29 is 4.79 Å². The Kier molecular flexibility index (Phi) is 5.20. The van der Waals surface area contributed by atoms with Gasteiger partial charge in [-0.2, -0.15) is 5.10 Å². The van der Waals surface area contributed by atoms with E-state index >= 15 is 0 Å². The van der Waals surface area contributed by atoms with Gasteiger partial charge in [-0.15, -0.1) is 0 Å². The number of carbonyl (C=O) groups excluding carboxylic acids is 1. The predicted molar refractivity (Wildman–Crippen MR) is 118 cm³/mol. The Morgan fingerprint density at radius 1 is 0.906 bits per heavy atom. The highest BCUT2D eigenvalue weighted by molar-refractivity contribution is 5.78. The molecule has 1 fully saturated rings. The molecule has 0 N–H and O–H groups in total. The number of nitrogens with zero attached hydrogens (tertiary/aromatic N) is 5. The maximum absolute atomic E-state index is 12.8. The lowest BCUT2D eigenvalue weighted by molar-refractivity contribution is -0.132. The molecular weight excluding hydrogens is 406 g/mol. The van der Waals surface area contributed by atoms with Gasteiger partial charge in [0.25, 0.3) is 0 Å². The minimum Gasteiger partial charge on any atom is -0.342 e. The van der Waals surface area contributed by atoms with Gasteiger partial charge in [-0.25, -0.2) is 4.68 Å². The van der Waals surface area contributed by atoms with Crippen molar-refractivity contribution in [1.82, 2.24) is 24.2 Å². The molecule has 4 heterocycles. The Balaban J connectivity index is 1.36. The van der Waals surface area contributed by atoms with Crippen LogP contribution < -0.4 is 11.1 Å². The monoisotopic (exact) mass is 431 g/mol. The lowest BCUT2D eigenvalue weighted by Crippen LogP contribution is -2.48. The molecule has 1 spiro atoms. The van der Waals surface area contributed by atoms with Crippen molar-refractivity contribution in [2.75, 3.05) is 13.1 Å². The molecule has 1 amide bonds. The van der Waals surface area contributed by atoms with Gasteiger partial charge in [-0.05, 0) is 36.5 Å². The molecule has 8 nitrogen and oxygen atoms in total. The Morgan fingerprint density at radius 3 is 2.34 bits per heavy atom. The molecule has 3 aromatic rings. The number of aromatic nitrogens is 4. The summed E-state index contributed by atoms with van der Waals surface area (Å²) in [7, 11) is 0. The topological polar surface area (TPSA) is 90.1 Å². The summed E-state index contributed by atoms with van der Waals surface area (Å²) in [5.74, 6) is 0.803. The van der Waals surface area contributed by atoms with Crippen LogP contribution in [0.1, 0.15) is 36.2 Å². The molecule has 2 aliphatic rings. The number of hydrogen-bond acceptors (Lipinski definition) is 5. The molecule has 2 aromatic heterocycles. The van der Waals surface area contributed by atoms with E-state index in [1.165, 1.54) is 4.68 Å². The molecule has 0 aliphatic carbocycles. The minimum atomic E-state index is -0.606. The third-order valence-electron chi connectivity index (χ3n) is 6.75. The first-order chi connectivity index (χ1) is 15.6. The summed E-state index contributed by atoms with van der Waals surface area (Å²) >= 11 is 0. The van der Waals surface area contributed by atoms with E-state index in [2.05, 4.69) is 10.1 Å². The standard InChI is InChI=1S/C24H25N5O3/c30-20(15-18-5-2-1-3-6-18)27-12-8-24(9-13-27)10-14-28-21(31)22(32)29(26-23(24)28)17-19-7-4-11-25-16-19/h1-7,11,16H,8-10,12-15,17H2. The van der Waals surface area contributed by atoms with E-state index in [1.54, 1.807) is 23.0 Å². The van der Waals surface area contributed by atoms with Gasteiger partial charge in [0.15, 0.2) is 0 Å². The van der Waals surface area contributed by atoms with E-state index in [-0.39, 0.29) is 17.9 Å². The number of fused-ring (bicyclic) bond motifs is 2. The fourth-order valence-corrected chi connectivity index (χ4v) is 4.88. The maximum atomic E-state index is 12.8. The third kappa shape index (κ3) is 3.66. The summed E-state index contributed by atoms with van der Waals surface area (Å²) in [5, 5.41) is 4.66. The number of benzene rings is 1. The molecule has 1 saturated heterocycles. The molecule has 2 aliphatic heterocycles. The first kappa shape index (κ1) is 20.4. The van der Waals surface area contributed by atoms with Gasteiger partial charge in [-0.1, -0.05) is 36.4 Å². The van der Waals surface area contributed by atoms with Crippen molar-refractivity contribution in [2.45, 2.75) is 44.2 Å². The molecule has 1 aromatic carbocycles. The van der Waals surface area contributed by atoms with E-state index in [0.29, 0.717) is 31.9 Å². The Bertz CT molecular complexity index is 1240. The second-order valence-electron chi connectivity index (χ2n) is 8.68. The van der Waals surface area contributed by atoms with Gasteiger partial charge in [0.1, 0.15) is 5.82 Å². The molecule has 5 rings (SSSR count). The first-order valence-electron chi connectivity index (χ1n) is 11.0. The van der Waals surface area contributed by atoms with Gasteiger partial charge in [0, 0.05) is 37.4 Å². The fraction of sp³-hybridized carbons (Fsp3) is 0.375. The number of carbonyl (C=O) groups is 1. The molecule has 0 atom stereocenters. The normalized spacial score (nSPS) is 16.8. The zero-order chi connectivity index (χ0) is 22.1. The fourth-order valence-electron chi connectivity index (χ4n) is 4.88. The van der Waals surface area contributed by atoms with Crippen LogP contribution in [-0.2, 0) is 29.7 Å². The number of pyridine rings is 1. The molecule has 8 heteroatoms. The van der Waals surface area contributed by atoms with E-state index in [1.807, 2.05) is 41.3 Å². The van der Waals surface area contributed by atoms with Gasteiger partial charge in [0.05, 0.1) is 13.0 Å². The van der Waals surface area contributed by atoms with Crippen LogP contribution >= 0.6 is 0 Å². The van der Waals surface area contributed by atoms with Crippen molar-refractivity contribution in [3.63, 3.8) is 0 Å². The molecule has 0 saturated carbocycles.